The maximum atomic E-state index is 12.8. The molecule has 0 radical (unpaired) electrons. The number of nitrogens with zero attached hydrogens (tertiary/aromatic N) is 1. The van der Waals surface area contributed by atoms with Crippen LogP contribution < -0.4 is 15.4 Å². The molecule has 6 heteroatoms. The van der Waals surface area contributed by atoms with E-state index in [2.05, 4.69) is 57.8 Å². The summed E-state index contributed by atoms with van der Waals surface area (Å²) in [7, 11) is 1.65. The van der Waals surface area contributed by atoms with Gasteiger partial charge in [0.15, 0.2) is 5.50 Å². The van der Waals surface area contributed by atoms with E-state index in [1.807, 2.05) is 49.4 Å². The van der Waals surface area contributed by atoms with Crippen LogP contribution in [0.4, 0.5) is 5.69 Å². The number of anilines is 1. The molecule has 2 N–H and O–H groups in total. The average molecular weight is 456 g/mol. The van der Waals surface area contributed by atoms with Gasteiger partial charge < -0.3 is 19.9 Å². The van der Waals surface area contributed by atoms with Crippen molar-refractivity contribution in [2.24, 2.45) is 0 Å². The first-order valence-corrected chi connectivity index (χ1v) is 11.7. The van der Waals surface area contributed by atoms with Gasteiger partial charge in [0.1, 0.15) is 5.75 Å². The minimum Gasteiger partial charge on any atom is -0.495 e. The summed E-state index contributed by atoms with van der Waals surface area (Å²) in [6.07, 6.45) is 4.11. The molecule has 0 spiro atoms. The minimum absolute atomic E-state index is 0.0796. The molecule has 1 fully saturated rings. The number of hydrogen-bond donors (Lipinski definition) is 2. The van der Waals surface area contributed by atoms with Crippen LogP contribution in [-0.2, 0) is 11.3 Å². The number of ether oxygens (including phenoxy) is 1. The van der Waals surface area contributed by atoms with Crippen molar-refractivity contribution in [1.82, 2.24) is 9.88 Å². The molecule has 1 saturated heterocycles. The van der Waals surface area contributed by atoms with Gasteiger partial charge in [0.05, 0.1) is 17.7 Å². The Morgan fingerprint density at radius 3 is 2.70 bits per heavy atom. The van der Waals surface area contributed by atoms with Gasteiger partial charge in [-0.15, -0.1) is 0 Å². The smallest absolute Gasteiger partial charge is 0.260 e. The highest BCUT2D eigenvalue weighted by molar-refractivity contribution is 8.05. The van der Waals surface area contributed by atoms with Crippen molar-refractivity contribution in [3.8, 4) is 5.75 Å². The molecule has 1 aromatic heterocycles. The zero-order valence-corrected chi connectivity index (χ0v) is 19.4. The lowest BCUT2D eigenvalue weighted by Crippen LogP contribution is -2.31. The Hall–Kier alpha value is -3.64. The van der Waals surface area contributed by atoms with Crippen LogP contribution >= 0.6 is 11.8 Å². The molecule has 5 rings (SSSR count). The van der Waals surface area contributed by atoms with E-state index in [1.54, 1.807) is 7.11 Å². The molecule has 166 valence electrons. The minimum atomic E-state index is -0.267. The predicted molar refractivity (Wildman–Crippen MR) is 136 cm³/mol. The molecular weight excluding hydrogens is 430 g/mol. The first kappa shape index (κ1) is 21.2. The SMILES string of the molecule is COc1ccc(C)cc1NC1NC(=O)/C(=C/c2cn(Cc3ccccc3)c3ccccc23)S1. The monoisotopic (exact) mass is 455 g/mol. The molecule has 1 aliphatic heterocycles. The molecule has 0 bridgehead atoms. The second-order valence-corrected chi connectivity index (χ2v) is 9.19. The fraction of sp³-hybridized carbons (Fsp3) is 0.148. The zero-order valence-electron chi connectivity index (χ0n) is 18.5. The molecule has 3 aromatic carbocycles. The Labute approximate surface area is 197 Å². The molecule has 2 heterocycles. The van der Waals surface area contributed by atoms with Crippen molar-refractivity contribution in [2.45, 2.75) is 19.0 Å². The maximum Gasteiger partial charge on any atom is 0.260 e. The number of carbonyl (C=O) groups excluding carboxylic acids is 1. The van der Waals surface area contributed by atoms with Gasteiger partial charge in [-0.3, -0.25) is 4.79 Å². The highest BCUT2D eigenvalue weighted by atomic mass is 32.2. The molecule has 1 aliphatic rings. The van der Waals surface area contributed by atoms with Crippen LogP contribution in [0.2, 0.25) is 0 Å². The molecule has 0 aliphatic carbocycles. The summed E-state index contributed by atoms with van der Waals surface area (Å²) in [5.41, 5.74) is 5.13. The predicted octanol–water partition coefficient (Wildman–Crippen LogP) is 5.61. The molecule has 1 amide bonds. The van der Waals surface area contributed by atoms with Crippen LogP contribution in [0, 0.1) is 6.92 Å². The van der Waals surface area contributed by atoms with Crippen molar-refractivity contribution < 1.29 is 9.53 Å². The summed E-state index contributed by atoms with van der Waals surface area (Å²) in [5, 5.41) is 7.53. The molecule has 0 saturated carbocycles. The van der Waals surface area contributed by atoms with Gasteiger partial charge in [-0.2, -0.15) is 0 Å². The molecule has 1 unspecified atom stereocenters. The summed E-state index contributed by atoms with van der Waals surface area (Å²) in [5.74, 6) is 0.667. The van der Waals surface area contributed by atoms with E-state index in [4.69, 9.17) is 4.74 Å². The standard InChI is InChI=1S/C27H25N3O2S/c1-18-12-13-24(32-2)22(14-18)28-27-29-26(31)25(33-27)15-20-17-30(16-19-8-4-3-5-9-19)23-11-7-6-10-21(20)23/h3-15,17,27-28H,16H2,1-2H3,(H,29,31)/b25-15-. The fourth-order valence-electron chi connectivity index (χ4n) is 4.08. The number of methoxy groups -OCH3 is 1. The van der Waals surface area contributed by atoms with Crippen molar-refractivity contribution in [3.05, 3.63) is 101 Å². The number of rotatable bonds is 6. The maximum absolute atomic E-state index is 12.8. The molecule has 1 atom stereocenters. The highest BCUT2D eigenvalue weighted by Crippen LogP contribution is 2.35. The first-order valence-electron chi connectivity index (χ1n) is 10.8. The molecule has 5 nitrogen and oxygen atoms in total. The first-order chi connectivity index (χ1) is 16.1. The Balaban J connectivity index is 1.42. The van der Waals surface area contributed by atoms with Gasteiger partial charge in [0.25, 0.3) is 5.91 Å². The number of aromatic nitrogens is 1. The van der Waals surface area contributed by atoms with E-state index in [1.165, 1.54) is 17.3 Å². The third-order valence-electron chi connectivity index (χ3n) is 5.67. The van der Waals surface area contributed by atoms with E-state index in [-0.39, 0.29) is 11.4 Å². The summed E-state index contributed by atoms with van der Waals surface area (Å²) < 4.78 is 7.70. The van der Waals surface area contributed by atoms with E-state index in [0.717, 1.165) is 40.0 Å². The van der Waals surface area contributed by atoms with E-state index in [9.17, 15) is 4.79 Å². The van der Waals surface area contributed by atoms with Gasteiger partial charge in [0.2, 0.25) is 0 Å². The van der Waals surface area contributed by atoms with Crippen LogP contribution in [0.15, 0.2) is 83.9 Å². The van der Waals surface area contributed by atoms with E-state index in [0.29, 0.717) is 4.91 Å². The van der Waals surface area contributed by atoms with Crippen molar-refractivity contribution >= 4 is 40.3 Å². The third-order valence-corrected chi connectivity index (χ3v) is 6.70. The van der Waals surface area contributed by atoms with Crippen LogP contribution in [0.5, 0.6) is 5.75 Å². The lowest BCUT2D eigenvalue weighted by atomic mass is 10.1. The van der Waals surface area contributed by atoms with Crippen LogP contribution in [0.25, 0.3) is 17.0 Å². The second kappa shape index (κ2) is 9.08. The number of benzene rings is 3. The largest absolute Gasteiger partial charge is 0.495 e. The number of aryl methyl sites for hydroxylation is 1. The number of hydrogen-bond acceptors (Lipinski definition) is 4. The van der Waals surface area contributed by atoms with Crippen LogP contribution in [0.3, 0.4) is 0 Å². The van der Waals surface area contributed by atoms with Crippen molar-refractivity contribution in [1.29, 1.82) is 0 Å². The third kappa shape index (κ3) is 4.47. The summed E-state index contributed by atoms with van der Waals surface area (Å²) in [4.78, 5) is 13.4. The number of carbonyl (C=O) groups is 1. The van der Waals surface area contributed by atoms with Gasteiger partial charge >= 0.3 is 0 Å². The Bertz CT molecular complexity index is 1340. The molecule has 4 aromatic rings. The van der Waals surface area contributed by atoms with Crippen molar-refractivity contribution in [2.75, 3.05) is 12.4 Å². The van der Waals surface area contributed by atoms with E-state index >= 15 is 0 Å². The fourth-order valence-corrected chi connectivity index (χ4v) is 5.05. The zero-order chi connectivity index (χ0) is 22.8. The Morgan fingerprint density at radius 2 is 1.88 bits per heavy atom. The summed E-state index contributed by atoms with van der Waals surface area (Å²) in [6.45, 7) is 2.81. The van der Waals surface area contributed by atoms with Gasteiger partial charge in [-0.25, -0.2) is 0 Å². The summed E-state index contributed by atoms with van der Waals surface area (Å²) >= 11 is 1.48. The van der Waals surface area contributed by atoms with Gasteiger partial charge in [-0.05, 0) is 42.3 Å². The number of thioether (sulfide) groups is 1. The second-order valence-electron chi connectivity index (χ2n) is 8.04. The lowest BCUT2D eigenvalue weighted by molar-refractivity contribution is -0.116. The molecular formula is C27H25N3O2S. The number of fused-ring (bicyclic) bond motifs is 1. The Morgan fingerprint density at radius 1 is 1.09 bits per heavy atom. The Kier molecular flexibility index (Phi) is 5.84. The van der Waals surface area contributed by atoms with Gasteiger partial charge in [-0.1, -0.05) is 66.4 Å². The quantitative estimate of drug-likeness (QED) is 0.371. The topological polar surface area (TPSA) is 55.3 Å². The van der Waals surface area contributed by atoms with Gasteiger partial charge in [0, 0.05) is 29.2 Å². The van der Waals surface area contributed by atoms with Crippen LogP contribution in [-0.4, -0.2) is 23.1 Å². The van der Waals surface area contributed by atoms with E-state index < -0.39 is 0 Å². The normalized spacial score (nSPS) is 16.8. The number of nitrogens with one attached hydrogen (secondary N) is 2. The van der Waals surface area contributed by atoms with Crippen molar-refractivity contribution in [3.63, 3.8) is 0 Å². The lowest BCUT2D eigenvalue weighted by Gasteiger charge is -2.16. The number of amides is 1. The molecule has 33 heavy (non-hydrogen) atoms. The summed E-state index contributed by atoms with van der Waals surface area (Å²) in [6, 6.07) is 24.7. The average Bonchev–Trinajstić information content (AvgIpc) is 3.34. The van der Waals surface area contributed by atoms with Crippen LogP contribution in [0.1, 0.15) is 16.7 Å². The highest BCUT2D eigenvalue weighted by Gasteiger charge is 2.28. The number of para-hydroxylation sites is 1.